The van der Waals surface area contributed by atoms with Gasteiger partial charge in [-0.05, 0) is 49.7 Å². The number of pyridine rings is 1. The van der Waals surface area contributed by atoms with E-state index in [4.69, 9.17) is 14.0 Å². The maximum Gasteiger partial charge on any atom is 0.257 e. The first-order valence-electron chi connectivity index (χ1n) is 9.25. The van der Waals surface area contributed by atoms with Crippen molar-refractivity contribution >= 4 is 5.91 Å². The van der Waals surface area contributed by atoms with E-state index in [2.05, 4.69) is 21.5 Å². The molecule has 1 aliphatic heterocycles. The molecular formula is C21H21N3O4. The number of rotatable bonds is 6. The highest BCUT2D eigenvalue weighted by molar-refractivity contribution is 5.96. The second-order valence-electron chi connectivity index (χ2n) is 6.61. The predicted molar refractivity (Wildman–Crippen MR) is 102 cm³/mol. The Kier molecular flexibility index (Phi) is 4.97. The molecule has 3 heterocycles. The molecule has 7 heteroatoms. The van der Waals surface area contributed by atoms with Crippen molar-refractivity contribution in [1.29, 1.82) is 0 Å². The largest absolute Gasteiger partial charge is 0.490 e. The van der Waals surface area contributed by atoms with Gasteiger partial charge >= 0.3 is 0 Å². The summed E-state index contributed by atoms with van der Waals surface area (Å²) in [5.74, 6) is 1.62. The number of hydrogen-bond donors (Lipinski definition) is 1. The van der Waals surface area contributed by atoms with Crippen LogP contribution in [0.1, 0.15) is 35.5 Å². The van der Waals surface area contributed by atoms with Gasteiger partial charge in [0.15, 0.2) is 5.76 Å². The van der Waals surface area contributed by atoms with E-state index in [-0.39, 0.29) is 18.6 Å². The number of nitrogens with one attached hydrogen (secondary N) is 1. The van der Waals surface area contributed by atoms with Crippen LogP contribution in [0.15, 0.2) is 47.1 Å². The summed E-state index contributed by atoms with van der Waals surface area (Å²) in [6.07, 6.45) is 2.67. The van der Waals surface area contributed by atoms with E-state index in [1.165, 1.54) is 0 Å². The molecule has 2 aromatic heterocycles. The lowest BCUT2D eigenvalue weighted by atomic mass is 10.1. The molecule has 28 heavy (non-hydrogen) atoms. The predicted octanol–water partition coefficient (Wildman–Crippen LogP) is 3.39. The number of amides is 1. The molecular weight excluding hydrogens is 358 g/mol. The molecule has 4 rings (SSSR count). The van der Waals surface area contributed by atoms with Crippen molar-refractivity contribution in [3.05, 3.63) is 59.4 Å². The van der Waals surface area contributed by atoms with Gasteiger partial charge in [-0.25, -0.2) is 4.98 Å². The van der Waals surface area contributed by atoms with Crippen LogP contribution in [0.3, 0.4) is 0 Å². The molecule has 0 radical (unpaired) electrons. The van der Waals surface area contributed by atoms with Gasteiger partial charge in [0.25, 0.3) is 5.91 Å². The quantitative estimate of drug-likeness (QED) is 0.706. The minimum absolute atomic E-state index is 0.194. The Labute approximate surface area is 162 Å². The molecule has 0 fully saturated rings. The number of carbonyl (C=O) groups is 1. The SMILES string of the molecule is CCOc1ncccc1C(=O)NCc1cc(-c2ccc3c(c2)C[C@H](C)O3)on1. The first kappa shape index (κ1) is 18.0. The molecule has 1 atom stereocenters. The highest BCUT2D eigenvalue weighted by Gasteiger charge is 2.20. The number of carbonyl (C=O) groups excluding carboxylic acids is 1. The van der Waals surface area contributed by atoms with Crippen LogP contribution in [0.4, 0.5) is 0 Å². The van der Waals surface area contributed by atoms with Crippen molar-refractivity contribution in [3.8, 4) is 23.0 Å². The Morgan fingerprint density at radius 1 is 1.32 bits per heavy atom. The molecule has 0 saturated heterocycles. The van der Waals surface area contributed by atoms with Crippen molar-refractivity contribution in [3.63, 3.8) is 0 Å². The van der Waals surface area contributed by atoms with Crippen molar-refractivity contribution in [1.82, 2.24) is 15.5 Å². The van der Waals surface area contributed by atoms with E-state index in [0.29, 0.717) is 29.5 Å². The maximum absolute atomic E-state index is 12.4. The fraction of sp³-hybridized carbons (Fsp3) is 0.286. The minimum atomic E-state index is -0.273. The Bertz CT molecular complexity index is 999. The summed E-state index contributed by atoms with van der Waals surface area (Å²) in [6.45, 7) is 4.58. The second kappa shape index (κ2) is 7.72. The van der Waals surface area contributed by atoms with E-state index >= 15 is 0 Å². The molecule has 3 aromatic rings. The number of fused-ring (bicyclic) bond motifs is 1. The molecule has 1 aliphatic rings. The normalized spacial score (nSPS) is 15.0. The van der Waals surface area contributed by atoms with Gasteiger partial charge in [-0.2, -0.15) is 0 Å². The van der Waals surface area contributed by atoms with Crippen molar-refractivity contribution < 1.29 is 18.8 Å². The van der Waals surface area contributed by atoms with Crippen LogP contribution >= 0.6 is 0 Å². The summed E-state index contributed by atoms with van der Waals surface area (Å²) in [4.78, 5) is 16.5. The third-order valence-corrected chi connectivity index (χ3v) is 4.47. The molecule has 1 aromatic carbocycles. The molecule has 0 spiro atoms. The monoisotopic (exact) mass is 379 g/mol. The van der Waals surface area contributed by atoms with Gasteiger partial charge in [-0.1, -0.05) is 5.16 Å². The Morgan fingerprint density at radius 2 is 2.21 bits per heavy atom. The molecule has 0 bridgehead atoms. The Balaban J connectivity index is 1.43. The van der Waals surface area contributed by atoms with Crippen LogP contribution in [0.5, 0.6) is 11.6 Å². The standard InChI is InChI=1S/C21H21N3O4/c1-3-26-21-17(5-4-8-22-21)20(25)23-12-16-11-19(28-24-16)14-6-7-18-15(10-14)9-13(2)27-18/h4-8,10-11,13H,3,9,12H2,1-2H3,(H,23,25)/t13-/m0/s1. The van der Waals surface area contributed by atoms with Gasteiger partial charge in [0.2, 0.25) is 5.88 Å². The minimum Gasteiger partial charge on any atom is -0.490 e. The van der Waals surface area contributed by atoms with E-state index < -0.39 is 0 Å². The zero-order chi connectivity index (χ0) is 19.5. The van der Waals surface area contributed by atoms with Crippen LogP contribution in [-0.4, -0.2) is 28.8 Å². The Morgan fingerprint density at radius 3 is 3.07 bits per heavy atom. The fourth-order valence-corrected chi connectivity index (χ4v) is 3.19. The summed E-state index contributed by atoms with van der Waals surface area (Å²) < 4.78 is 16.6. The number of ether oxygens (including phenoxy) is 2. The molecule has 0 aliphatic carbocycles. The number of aromatic nitrogens is 2. The average molecular weight is 379 g/mol. The van der Waals surface area contributed by atoms with Gasteiger partial charge in [0.1, 0.15) is 23.1 Å². The van der Waals surface area contributed by atoms with Gasteiger partial charge in [0.05, 0.1) is 13.2 Å². The van der Waals surface area contributed by atoms with E-state index in [9.17, 15) is 4.79 Å². The smallest absolute Gasteiger partial charge is 0.257 e. The van der Waals surface area contributed by atoms with E-state index in [1.807, 2.05) is 32.0 Å². The topological polar surface area (TPSA) is 86.5 Å². The van der Waals surface area contributed by atoms with Crippen molar-refractivity contribution in [2.45, 2.75) is 32.9 Å². The van der Waals surface area contributed by atoms with Crippen molar-refractivity contribution in [2.75, 3.05) is 6.61 Å². The second-order valence-corrected chi connectivity index (χ2v) is 6.61. The highest BCUT2D eigenvalue weighted by Crippen LogP contribution is 2.33. The third-order valence-electron chi connectivity index (χ3n) is 4.47. The zero-order valence-electron chi connectivity index (χ0n) is 15.8. The number of hydrogen-bond acceptors (Lipinski definition) is 6. The van der Waals surface area contributed by atoms with Gasteiger partial charge < -0.3 is 19.3 Å². The van der Waals surface area contributed by atoms with E-state index in [0.717, 1.165) is 23.3 Å². The molecule has 1 amide bonds. The van der Waals surface area contributed by atoms with Crippen LogP contribution in [0, 0.1) is 0 Å². The lowest BCUT2D eigenvalue weighted by Gasteiger charge is -2.08. The lowest BCUT2D eigenvalue weighted by Crippen LogP contribution is -2.24. The van der Waals surface area contributed by atoms with Crippen LogP contribution in [-0.2, 0) is 13.0 Å². The maximum atomic E-state index is 12.4. The molecule has 7 nitrogen and oxygen atoms in total. The van der Waals surface area contributed by atoms with Gasteiger partial charge in [0, 0.05) is 24.2 Å². The van der Waals surface area contributed by atoms with Crippen molar-refractivity contribution in [2.24, 2.45) is 0 Å². The summed E-state index contributed by atoms with van der Waals surface area (Å²) in [5.41, 5.74) is 3.12. The first-order valence-corrected chi connectivity index (χ1v) is 9.25. The number of nitrogens with zero attached hydrogens (tertiary/aromatic N) is 2. The fourth-order valence-electron chi connectivity index (χ4n) is 3.19. The van der Waals surface area contributed by atoms with Crippen LogP contribution in [0.25, 0.3) is 11.3 Å². The zero-order valence-corrected chi connectivity index (χ0v) is 15.8. The highest BCUT2D eigenvalue weighted by atomic mass is 16.5. The van der Waals surface area contributed by atoms with Gasteiger partial charge in [-0.3, -0.25) is 4.79 Å². The first-order chi connectivity index (χ1) is 13.6. The van der Waals surface area contributed by atoms with Crippen LogP contribution < -0.4 is 14.8 Å². The molecule has 0 unspecified atom stereocenters. The summed E-state index contributed by atoms with van der Waals surface area (Å²) >= 11 is 0. The van der Waals surface area contributed by atoms with Gasteiger partial charge in [-0.15, -0.1) is 0 Å². The summed E-state index contributed by atoms with van der Waals surface area (Å²) in [5, 5.41) is 6.88. The molecule has 144 valence electrons. The third kappa shape index (κ3) is 3.69. The lowest BCUT2D eigenvalue weighted by molar-refractivity contribution is 0.0945. The van der Waals surface area contributed by atoms with Crippen LogP contribution in [0.2, 0.25) is 0 Å². The molecule has 1 N–H and O–H groups in total. The molecule has 0 saturated carbocycles. The summed E-state index contributed by atoms with van der Waals surface area (Å²) in [6, 6.07) is 11.2. The van der Waals surface area contributed by atoms with E-state index in [1.54, 1.807) is 18.3 Å². The average Bonchev–Trinajstić information content (AvgIpc) is 3.31. The Hall–Kier alpha value is -3.35. The number of benzene rings is 1. The summed E-state index contributed by atoms with van der Waals surface area (Å²) in [7, 11) is 0.